The Kier molecular flexibility index (Phi) is 3.33. The summed E-state index contributed by atoms with van der Waals surface area (Å²) in [5, 5.41) is 0. The molecule has 3 rings (SSSR count). The van der Waals surface area contributed by atoms with Gasteiger partial charge in [0.25, 0.3) is 5.91 Å². The van der Waals surface area contributed by atoms with E-state index in [4.69, 9.17) is 0 Å². The minimum atomic E-state index is -0.0410. The van der Waals surface area contributed by atoms with Crippen LogP contribution in [-0.2, 0) is 0 Å². The zero-order chi connectivity index (χ0) is 14.3. The molecule has 0 spiro atoms. The summed E-state index contributed by atoms with van der Waals surface area (Å²) < 4.78 is 2.57. The number of aromatic nitrogens is 2. The Hall–Kier alpha value is -1.69. The lowest BCUT2D eigenvalue weighted by molar-refractivity contribution is 0.0963. The van der Waals surface area contributed by atoms with E-state index in [9.17, 15) is 4.79 Å². The summed E-state index contributed by atoms with van der Waals surface area (Å²) in [7, 11) is 0. The van der Waals surface area contributed by atoms with Crippen LogP contribution in [0.2, 0.25) is 0 Å². The number of carbonyl (C=O) groups is 1. The second-order valence-corrected chi connectivity index (χ2v) is 5.99. The van der Waals surface area contributed by atoms with E-state index in [1.165, 1.54) is 5.56 Å². The number of hydrogen-bond acceptors (Lipinski definition) is 2. The van der Waals surface area contributed by atoms with Crippen LogP contribution in [0.4, 0.5) is 0 Å². The van der Waals surface area contributed by atoms with E-state index >= 15 is 0 Å². The van der Waals surface area contributed by atoms with Crippen LogP contribution in [0.25, 0.3) is 11.0 Å². The van der Waals surface area contributed by atoms with Gasteiger partial charge in [-0.05, 0) is 71.8 Å². The van der Waals surface area contributed by atoms with E-state index in [1.807, 2.05) is 43.3 Å². The molecule has 20 heavy (non-hydrogen) atoms. The molecule has 4 heteroatoms. The van der Waals surface area contributed by atoms with E-state index in [0.29, 0.717) is 5.56 Å². The Morgan fingerprint density at radius 3 is 2.60 bits per heavy atom. The maximum absolute atomic E-state index is 12.7. The van der Waals surface area contributed by atoms with Crippen LogP contribution in [0.5, 0.6) is 0 Å². The van der Waals surface area contributed by atoms with E-state index in [0.717, 1.165) is 20.2 Å². The van der Waals surface area contributed by atoms with Crippen molar-refractivity contribution in [1.29, 1.82) is 0 Å². The van der Waals surface area contributed by atoms with Crippen molar-refractivity contribution in [3.8, 4) is 0 Å². The van der Waals surface area contributed by atoms with Crippen molar-refractivity contribution in [2.45, 2.75) is 13.8 Å². The van der Waals surface area contributed by atoms with Gasteiger partial charge in [-0.2, -0.15) is 0 Å². The molecular formula is C16H13IN2O. The maximum Gasteiger partial charge on any atom is 0.264 e. The topological polar surface area (TPSA) is 34.9 Å². The highest BCUT2D eigenvalue weighted by atomic mass is 127. The molecule has 1 aromatic heterocycles. The fourth-order valence-corrected chi connectivity index (χ4v) is 2.81. The van der Waals surface area contributed by atoms with Crippen molar-refractivity contribution in [2.24, 2.45) is 0 Å². The number of hydrogen-bond donors (Lipinski definition) is 0. The minimum Gasteiger partial charge on any atom is -0.268 e. The van der Waals surface area contributed by atoms with Gasteiger partial charge in [0, 0.05) is 3.57 Å². The molecule has 0 radical (unpaired) electrons. The van der Waals surface area contributed by atoms with Gasteiger partial charge in [-0.3, -0.25) is 9.36 Å². The molecule has 0 saturated carbocycles. The molecule has 1 heterocycles. The Morgan fingerprint density at radius 1 is 1.15 bits per heavy atom. The van der Waals surface area contributed by atoms with Crippen molar-refractivity contribution >= 4 is 39.5 Å². The normalized spacial score (nSPS) is 10.9. The van der Waals surface area contributed by atoms with Crippen molar-refractivity contribution < 1.29 is 4.79 Å². The fraction of sp³-hybridized carbons (Fsp3) is 0.125. The van der Waals surface area contributed by atoms with Gasteiger partial charge in [0.1, 0.15) is 6.33 Å². The van der Waals surface area contributed by atoms with Crippen molar-refractivity contribution in [3.05, 3.63) is 63.0 Å². The highest BCUT2D eigenvalue weighted by molar-refractivity contribution is 14.1. The molecule has 3 nitrogen and oxygen atoms in total. The monoisotopic (exact) mass is 376 g/mol. The molecule has 0 unspecified atom stereocenters. The summed E-state index contributed by atoms with van der Waals surface area (Å²) in [5.41, 5.74) is 4.76. The Labute approximate surface area is 130 Å². The van der Waals surface area contributed by atoms with E-state index < -0.39 is 0 Å². The number of halogens is 1. The smallest absolute Gasteiger partial charge is 0.264 e. The molecule has 3 aromatic rings. The third-order valence-corrected chi connectivity index (χ3v) is 4.43. The number of benzene rings is 2. The minimum absolute atomic E-state index is 0.0410. The Morgan fingerprint density at radius 2 is 1.85 bits per heavy atom. The van der Waals surface area contributed by atoms with Gasteiger partial charge >= 0.3 is 0 Å². The van der Waals surface area contributed by atoms with Crippen LogP contribution in [0.3, 0.4) is 0 Å². The Balaban J connectivity index is 2.18. The van der Waals surface area contributed by atoms with Gasteiger partial charge in [-0.25, -0.2) is 4.98 Å². The van der Waals surface area contributed by atoms with Gasteiger partial charge in [0.05, 0.1) is 16.6 Å². The quantitative estimate of drug-likeness (QED) is 0.603. The molecule has 100 valence electrons. The van der Waals surface area contributed by atoms with Crippen molar-refractivity contribution in [3.63, 3.8) is 0 Å². The van der Waals surface area contributed by atoms with Crippen molar-refractivity contribution in [2.75, 3.05) is 0 Å². The largest absolute Gasteiger partial charge is 0.268 e. The average molecular weight is 376 g/mol. The van der Waals surface area contributed by atoms with Crippen LogP contribution >= 0.6 is 22.6 Å². The van der Waals surface area contributed by atoms with Gasteiger partial charge in [-0.15, -0.1) is 0 Å². The molecule has 2 aromatic carbocycles. The molecular weight excluding hydrogens is 363 g/mol. The van der Waals surface area contributed by atoms with Gasteiger partial charge in [0.2, 0.25) is 0 Å². The highest BCUT2D eigenvalue weighted by Crippen LogP contribution is 2.21. The first-order chi connectivity index (χ1) is 9.58. The molecule has 0 aliphatic rings. The third-order valence-electron chi connectivity index (χ3n) is 3.49. The van der Waals surface area contributed by atoms with Crippen LogP contribution < -0.4 is 0 Å². The standard InChI is InChI=1S/C16H13IN2O/c1-10-7-14-15(8-11(10)2)19(9-18-14)16(20)12-5-3-4-6-13(12)17/h3-9H,1-2H3. The second kappa shape index (κ2) is 5.01. The molecule has 0 fully saturated rings. The predicted molar refractivity (Wildman–Crippen MR) is 88.1 cm³/mol. The van der Waals surface area contributed by atoms with E-state index in [-0.39, 0.29) is 5.91 Å². The van der Waals surface area contributed by atoms with Crippen LogP contribution in [0, 0.1) is 17.4 Å². The first kappa shape index (κ1) is 13.3. The van der Waals surface area contributed by atoms with Gasteiger partial charge in [0.15, 0.2) is 0 Å². The van der Waals surface area contributed by atoms with Crippen LogP contribution in [0.1, 0.15) is 21.5 Å². The molecule has 0 N–H and O–H groups in total. The molecule has 0 aliphatic heterocycles. The number of nitrogens with zero attached hydrogens (tertiary/aromatic N) is 2. The molecule has 0 atom stereocenters. The summed E-state index contributed by atoms with van der Waals surface area (Å²) in [6.07, 6.45) is 1.61. The third kappa shape index (κ3) is 2.14. The maximum atomic E-state index is 12.7. The number of fused-ring (bicyclic) bond motifs is 1. The summed E-state index contributed by atoms with van der Waals surface area (Å²) in [5.74, 6) is -0.0410. The molecule has 0 bridgehead atoms. The first-order valence-corrected chi connectivity index (χ1v) is 7.39. The SMILES string of the molecule is Cc1cc2ncn(C(=O)c3ccccc3I)c2cc1C. The summed E-state index contributed by atoms with van der Waals surface area (Å²) in [6.45, 7) is 4.10. The van der Waals surface area contributed by atoms with Crippen LogP contribution in [0.15, 0.2) is 42.7 Å². The first-order valence-electron chi connectivity index (χ1n) is 6.31. The van der Waals surface area contributed by atoms with Crippen molar-refractivity contribution in [1.82, 2.24) is 9.55 Å². The Bertz CT molecular complexity index is 820. The predicted octanol–water partition coefficient (Wildman–Crippen LogP) is 3.95. The van der Waals surface area contributed by atoms with E-state index in [2.05, 4.69) is 34.5 Å². The van der Waals surface area contributed by atoms with E-state index in [1.54, 1.807) is 10.9 Å². The molecule has 0 aliphatic carbocycles. The lowest BCUT2D eigenvalue weighted by Gasteiger charge is -2.06. The summed E-state index contributed by atoms with van der Waals surface area (Å²) >= 11 is 2.18. The van der Waals surface area contributed by atoms with Gasteiger partial charge in [-0.1, -0.05) is 12.1 Å². The number of imidazole rings is 1. The van der Waals surface area contributed by atoms with Gasteiger partial charge < -0.3 is 0 Å². The molecule has 0 saturated heterocycles. The van der Waals surface area contributed by atoms with Crippen LogP contribution in [-0.4, -0.2) is 15.5 Å². The highest BCUT2D eigenvalue weighted by Gasteiger charge is 2.15. The number of aryl methyl sites for hydroxylation is 2. The zero-order valence-corrected chi connectivity index (χ0v) is 13.4. The lowest BCUT2D eigenvalue weighted by Crippen LogP contribution is -2.12. The average Bonchev–Trinajstić information content (AvgIpc) is 2.82. The summed E-state index contributed by atoms with van der Waals surface area (Å²) in [4.78, 5) is 17.0. The summed E-state index contributed by atoms with van der Waals surface area (Å²) in [6, 6.07) is 11.6. The lowest BCUT2D eigenvalue weighted by atomic mass is 10.1. The second-order valence-electron chi connectivity index (χ2n) is 4.82. The zero-order valence-electron chi connectivity index (χ0n) is 11.2. The number of carbonyl (C=O) groups excluding carboxylic acids is 1. The molecule has 0 amide bonds. The number of rotatable bonds is 1. The fourth-order valence-electron chi connectivity index (χ4n) is 2.19.